The summed E-state index contributed by atoms with van der Waals surface area (Å²) in [5, 5.41) is 7.84. The second-order valence-electron chi connectivity index (χ2n) is 13.7. The summed E-state index contributed by atoms with van der Waals surface area (Å²) in [6.45, 7) is 4.41. The van der Waals surface area contributed by atoms with Gasteiger partial charge in [0.05, 0.1) is 23.8 Å². The Bertz CT molecular complexity index is 1930. The van der Waals surface area contributed by atoms with Crippen LogP contribution in [-0.2, 0) is 4.79 Å². The number of carbonyl (C=O) groups excluding carboxylic acids is 1. The minimum absolute atomic E-state index is 0.0230. The lowest BCUT2D eigenvalue weighted by molar-refractivity contribution is -0.125. The Morgan fingerprint density at radius 3 is 2.73 bits per heavy atom. The molecule has 0 saturated carbocycles. The van der Waals surface area contributed by atoms with Gasteiger partial charge in [-0.15, -0.1) is 0 Å². The van der Waals surface area contributed by atoms with E-state index in [9.17, 15) is 4.79 Å². The van der Waals surface area contributed by atoms with E-state index in [-0.39, 0.29) is 40.9 Å². The number of nitrogens with zero attached hydrogens (tertiary/aromatic N) is 7. The number of nitrogens with one attached hydrogen (secondary N) is 2. The van der Waals surface area contributed by atoms with Crippen molar-refractivity contribution in [3.63, 3.8) is 0 Å². The first-order valence-corrected chi connectivity index (χ1v) is 17.5. The Morgan fingerprint density at radius 1 is 1.16 bits per heavy atom. The van der Waals surface area contributed by atoms with Crippen LogP contribution in [0.2, 0.25) is 5.02 Å². The maximum atomic E-state index is 16.8. The Balaban J connectivity index is 1.13. The van der Waals surface area contributed by atoms with E-state index in [4.69, 9.17) is 26.3 Å². The van der Waals surface area contributed by atoms with E-state index in [0.29, 0.717) is 48.2 Å². The number of pyridine rings is 1. The number of benzene rings is 2. The van der Waals surface area contributed by atoms with E-state index in [1.54, 1.807) is 18.3 Å². The van der Waals surface area contributed by atoms with Crippen LogP contribution < -0.4 is 20.4 Å². The largest absolute Gasteiger partial charge is 0.461 e. The van der Waals surface area contributed by atoms with E-state index in [2.05, 4.69) is 20.6 Å². The molecule has 4 aromatic rings. The Hall–Kier alpha value is -3.94. The van der Waals surface area contributed by atoms with Crippen molar-refractivity contribution in [2.75, 3.05) is 58.4 Å². The van der Waals surface area contributed by atoms with Gasteiger partial charge >= 0.3 is 6.01 Å². The molecule has 8 rings (SSSR count). The number of amides is 1. The zero-order valence-electron chi connectivity index (χ0n) is 27.8. The van der Waals surface area contributed by atoms with Crippen LogP contribution in [0.1, 0.15) is 32.1 Å². The van der Waals surface area contributed by atoms with Crippen LogP contribution >= 0.6 is 11.6 Å². The van der Waals surface area contributed by atoms with Gasteiger partial charge in [0.2, 0.25) is 5.91 Å². The van der Waals surface area contributed by atoms with E-state index in [1.165, 1.54) is 0 Å². The van der Waals surface area contributed by atoms with Gasteiger partial charge in [0.15, 0.2) is 5.82 Å². The van der Waals surface area contributed by atoms with Crippen molar-refractivity contribution >= 4 is 45.0 Å². The second kappa shape index (κ2) is 13.1. The van der Waals surface area contributed by atoms with Crippen molar-refractivity contribution < 1.29 is 13.9 Å². The number of likely N-dealkylation sites (tertiary alicyclic amines) is 1. The number of rotatable bonds is 8. The predicted molar refractivity (Wildman–Crippen MR) is 189 cm³/mol. The monoisotopic (exact) mass is 685 g/mol. The lowest BCUT2D eigenvalue weighted by atomic mass is 9.95. The Kier molecular flexibility index (Phi) is 8.61. The highest BCUT2D eigenvalue weighted by Crippen LogP contribution is 2.40. The molecule has 11 nitrogen and oxygen atoms in total. The number of ether oxygens (including phenoxy) is 1. The van der Waals surface area contributed by atoms with Gasteiger partial charge in [0.25, 0.3) is 0 Å². The molecule has 49 heavy (non-hydrogen) atoms. The van der Waals surface area contributed by atoms with Crippen molar-refractivity contribution in [3.05, 3.63) is 65.6 Å². The molecule has 0 aliphatic carbocycles. The second-order valence-corrected chi connectivity index (χ2v) is 14.1. The number of likely N-dealkylation sites (N-methyl/N-ethyl adjacent to an activating group) is 1. The van der Waals surface area contributed by atoms with Crippen LogP contribution in [0.15, 0.2) is 54.7 Å². The highest BCUT2D eigenvalue weighted by Gasteiger charge is 2.45. The summed E-state index contributed by atoms with van der Waals surface area (Å²) in [5.41, 5.74) is 4.11. The van der Waals surface area contributed by atoms with E-state index in [0.717, 1.165) is 56.0 Å². The molecule has 2 N–H and O–H groups in total. The fourth-order valence-electron chi connectivity index (χ4n) is 8.09. The summed E-state index contributed by atoms with van der Waals surface area (Å²) in [7, 11) is 3.88. The van der Waals surface area contributed by atoms with Crippen molar-refractivity contribution in [1.29, 1.82) is 0 Å². The molecule has 2 aromatic heterocycles. The molecule has 1 amide bonds. The van der Waals surface area contributed by atoms with Gasteiger partial charge in [-0.1, -0.05) is 41.9 Å². The number of anilines is 1. The molecule has 4 fully saturated rings. The first kappa shape index (κ1) is 32.3. The fourth-order valence-corrected chi connectivity index (χ4v) is 8.37. The average molecular weight is 686 g/mol. The normalized spacial score (nSPS) is 22.6. The lowest BCUT2D eigenvalue weighted by Gasteiger charge is -2.31. The number of hydrogen-bond acceptors (Lipinski definition) is 10. The molecular weight excluding hydrogens is 645 g/mol. The average Bonchev–Trinajstić information content (AvgIpc) is 3.91. The Labute approximate surface area is 290 Å². The zero-order chi connectivity index (χ0) is 33.7. The first-order valence-electron chi connectivity index (χ1n) is 17.1. The molecule has 0 bridgehead atoms. The third-order valence-corrected chi connectivity index (χ3v) is 11.0. The molecule has 4 saturated heterocycles. The molecular formula is C36H41ClFN9O2. The third kappa shape index (κ3) is 5.99. The zero-order valence-corrected chi connectivity index (χ0v) is 28.6. The van der Waals surface area contributed by atoms with Crippen molar-refractivity contribution in [2.45, 2.75) is 49.9 Å². The molecule has 2 atom stereocenters. The number of halogens is 2. The first-order chi connectivity index (χ1) is 23.8. The minimum Gasteiger partial charge on any atom is -0.461 e. The molecule has 0 spiro atoms. The van der Waals surface area contributed by atoms with E-state index in [1.807, 2.05) is 65.3 Å². The summed E-state index contributed by atoms with van der Waals surface area (Å²) in [6, 6.07) is 11.4. The highest BCUT2D eigenvalue weighted by atomic mass is 35.5. The summed E-state index contributed by atoms with van der Waals surface area (Å²) in [6.07, 6.45) is 10.2. The lowest BCUT2D eigenvalue weighted by Crippen LogP contribution is -2.43. The standard InChI is InChI=1S/C36H41ClFN9O2/c1-44-22-40-28(43-44)11-12-29(48)46-18-13-24(20-46)45(2)34-26-19-39-32(25-9-3-7-23-8-4-10-27(37)30(23)25)31(38)33(26)41-35(42-34)49-21-36-14-5-16-47(36)17-6-15-36/h3-4,7-12,19,24,28,40,43H,5-6,13-18,20-22H2,1-2H3/b12-11+/t24-,28?/m1/s1. The van der Waals surface area contributed by atoms with Crippen molar-refractivity contribution in [1.82, 2.24) is 40.5 Å². The summed E-state index contributed by atoms with van der Waals surface area (Å²) in [5.74, 6) is -0.0755. The van der Waals surface area contributed by atoms with Crippen molar-refractivity contribution in [3.8, 4) is 17.3 Å². The van der Waals surface area contributed by atoms with Gasteiger partial charge in [0.1, 0.15) is 23.6 Å². The van der Waals surface area contributed by atoms with Gasteiger partial charge in [-0.3, -0.25) is 20.0 Å². The van der Waals surface area contributed by atoms with Crippen LogP contribution in [0.25, 0.3) is 32.9 Å². The van der Waals surface area contributed by atoms with Gasteiger partial charge in [-0.05, 0) is 62.7 Å². The quantitative estimate of drug-likeness (QED) is 0.257. The third-order valence-electron chi connectivity index (χ3n) is 10.7. The number of aromatic nitrogens is 3. The summed E-state index contributed by atoms with van der Waals surface area (Å²) < 4.78 is 23.2. The number of hydrogen-bond donors (Lipinski definition) is 2. The summed E-state index contributed by atoms with van der Waals surface area (Å²) >= 11 is 6.64. The van der Waals surface area contributed by atoms with Crippen LogP contribution in [0.3, 0.4) is 0 Å². The maximum Gasteiger partial charge on any atom is 0.319 e. The topological polar surface area (TPSA) is 102 Å². The maximum absolute atomic E-state index is 16.8. The summed E-state index contributed by atoms with van der Waals surface area (Å²) in [4.78, 5) is 33.8. The highest BCUT2D eigenvalue weighted by molar-refractivity contribution is 6.36. The molecule has 0 radical (unpaired) electrons. The van der Waals surface area contributed by atoms with E-state index >= 15 is 4.39 Å². The molecule has 2 aromatic carbocycles. The molecule has 13 heteroatoms. The molecule has 256 valence electrons. The van der Waals surface area contributed by atoms with E-state index < -0.39 is 5.82 Å². The van der Waals surface area contributed by atoms with Gasteiger partial charge < -0.3 is 14.5 Å². The van der Waals surface area contributed by atoms with Crippen molar-refractivity contribution in [2.24, 2.45) is 0 Å². The Morgan fingerprint density at radius 2 is 1.96 bits per heavy atom. The SMILES string of the molecule is CN1CNC(/C=C/C(=O)N2CC[C@@H](N(C)c3nc(OCC45CCCN4CCC5)nc4c(F)c(-c5cccc6cccc(Cl)c56)ncc34)C2)N1. The minimum atomic E-state index is -0.554. The molecule has 6 heterocycles. The number of hydrazine groups is 1. The van der Waals surface area contributed by atoms with Gasteiger partial charge in [-0.25, -0.2) is 14.8 Å². The van der Waals surface area contributed by atoms with Gasteiger partial charge in [0, 0.05) is 61.5 Å². The number of fused-ring (bicyclic) bond motifs is 3. The smallest absolute Gasteiger partial charge is 0.319 e. The molecule has 4 aliphatic rings. The molecule has 1 unspecified atom stereocenters. The predicted octanol–water partition coefficient (Wildman–Crippen LogP) is 4.56. The van der Waals surface area contributed by atoms with Crippen LogP contribution in [0.5, 0.6) is 6.01 Å². The number of carbonyl (C=O) groups is 1. The fraction of sp³-hybridized carbons (Fsp3) is 0.444. The van der Waals surface area contributed by atoms with Crippen LogP contribution in [0.4, 0.5) is 10.2 Å². The molecule has 4 aliphatic heterocycles. The van der Waals surface area contributed by atoms with Crippen LogP contribution in [-0.4, -0.2) is 107 Å². The van der Waals surface area contributed by atoms with Crippen LogP contribution in [0, 0.1) is 5.82 Å². The van der Waals surface area contributed by atoms with Gasteiger partial charge in [-0.2, -0.15) is 9.97 Å².